The Hall–Kier alpha value is -0.120. The number of piperidine rings is 1. The maximum absolute atomic E-state index is 10.0. The van der Waals surface area contributed by atoms with Crippen LogP contribution in [0.1, 0.15) is 26.2 Å². The first kappa shape index (κ1) is 9.96. The summed E-state index contributed by atoms with van der Waals surface area (Å²) >= 11 is 0. The second-order valence-electron chi connectivity index (χ2n) is 3.94. The Bertz CT molecular complexity index is 130. The minimum absolute atomic E-state index is 0.384. The van der Waals surface area contributed by atoms with E-state index in [2.05, 4.69) is 5.32 Å². The monoisotopic (exact) mass is 172 g/mol. The Balaban J connectivity index is 2.41. The van der Waals surface area contributed by atoms with Crippen LogP contribution in [0.15, 0.2) is 0 Å². The molecule has 3 heteroatoms. The zero-order chi connectivity index (χ0) is 9.03. The molecule has 1 aliphatic rings. The zero-order valence-electron chi connectivity index (χ0n) is 7.84. The molecule has 2 atom stereocenters. The Labute approximate surface area is 74.3 Å². The van der Waals surface area contributed by atoms with Crippen LogP contribution in [0.5, 0.6) is 0 Å². The summed E-state index contributed by atoms with van der Waals surface area (Å²) in [5, 5.41) is 13.3. The molecular formula is C9H20N2O. The van der Waals surface area contributed by atoms with Gasteiger partial charge >= 0.3 is 0 Å². The Kier molecular flexibility index (Phi) is 3.50. The van der Waals surface area contributed by atoms with Gasteiger partial charge in [0.2, 0.25) is 0 Å². The van der Waals surface area contributed by atoms with Gasteiger partial charge in [0, 0.05) is 6.54 Å². The van der Waals surface area contributed by atoms with Gasteiger partial charge in [0.05, 0.1) is 5.60 Å². The number of nitrogens with two attached hydrogens (primary N) is 1. The Morgan fingerprint density at radius 2 is 2.42 bits per heavy atom. The third kappa shape index (κ3) is 2.44. The highest BCUT2D eigenvalue weighted by molar-refractivity contribution is 4.86. The predicted molar refractivity (Wildman–Crippen MR) is 49.9 cm³/mol. The zero-order valence-corrected chi connectivity index (χ0v) is 7.84. The van der Waals surface area contributed by atoms with Crippen molar-refractivity contribution in [1.82, 2.24) is 5.32 Å². The van der Waals surface area contributed by atoms with E-state index in [4.69, 9.17) is 5.73 Å². The summed E-state index contributed by atoms with van der Waals surface area (Å²) in [6, 6.07) is 0. The van der Waals surface area contributed by atoms with Gasteiger partial charge in [0.1, 0.15) is 0 Å². The van der Waals surface area contributed by atoms with Gasteiger partial charge in [-0.1, -0.05) is 0 Å². The standard InChI is InChI=1S/C9H20N2O/c1-9(12,4-5-10)8-3-2-6-11-7-8/h8,11-12H,2-7,10H2,1H3. The van der Waals surface area contributed by atoms with E-state index >= 15 is 0 Å². The van der Waals surface area contributed by atoms with E-state index < -0.39 is 5.60 Å². The van der Waals surface area contributed by atoms with Crippen LogP contribution in [0.4, 0.5) is 0 Å². The quantitative estimate of drug-likeness (QED) is 0.565. The van der Waals surface area contributed by atoms with Crippen LogP contribution in [-0.4, -0.2) is 30.3 Å². The third-order valence-electron chi connectivity index (χ3n) is 2.83. The normalized spacial score (nSPS) is 29.8. The lowest BCUT2D eigenvalue weighted by molar-refractivity contribution is -0.0157. The maximum atomic E-state index is 10.0. The molecular weight excluding hydrogens is 152 g/mol. The first-order valence-electron chi connectivity index (χ1n) is 4.80. The summed E-state index contributed by atoms with van der Waals surface area (Å²) in [6.07, 6.45) is 3.00. The largest absolute Gasteiger partial charge is 0.390 e. The molecule has 72 valence electrons. The molecule has 0 aliphatic carbocycles. The summed E-state index contributed by atoms with van der Waals surface area (Å²) in [5.74, 6) is 0.384. The lowest BCUT2D eigenvalue weighted by Gasteiger charge is -2.35. The van der Waals surface area contributed by atoms with Crippen LogP contribution >= 0.6 is 0 Å². The van der Waals surface area contributed by atoms with Gasteiger partial charge in [-0.15, -0.1) is 0 Å². The second kappa shape index (κ2) is 4.21. The van der Waals surface area contributed by atoms with Gasteiger partial charge in [0.15, 0.2) is 0 Å². The Morgan fingerprint density at radius 1 is 1.67 bits per heavy atom. The van der Waals surface area contributed by atoms with Gasteiger partial charge in [-0.2, -0.15) is 0 Å². The van der Waals surface area contributed by atoms with Crippen LogP contribution in [0.2, 0.25) is 0 Å². The molecule has 0 saturated carbocycles. The fourth-order valence-electron chi connectivity index (χ4n) is 1.88. The minimum Gasteiger partial charge on any atom is -0.390 e. The van der Waals surface area contributed by atoms with E-state index in [1.54, 1.807) is 0 Å². The summed E-state index contributed by atoms with van der Waals surface area (Å²) in [6.45, 7) is 4.50. The smallest absolute Gasteiger partial charge is 0.0671 e. The SMILES string of the molecule is CC(O)(CCN)C1CCCNC1. The molecule has 1 fully saturated rings. The van der Waals surface area contributed by atoms with Crippen LogP contribution in [0.25, 0.3) is 0 Å². The molecule has 0 amide bonds. The highest BCUT2D eigenvalue weighted by Crippen LogP contribution is 2.26. The van der Waals surface area contributed by atoms with Crippen LogP contribution < -0.4 is 11.1 Å². The highest BCUT2D eigenvalue weighted by atomic mass is 16.3. The van der Waals surface area contributed by atoms with E-state index in [0.29, 0.717) is 18.9 Å². The molecule has 12 heavy (non-hydrogen) atoms. The molecule has 0 aromatic carbocycles. The average molecular weight is 172 g/mol. The summed E-state index contributed by atoms with van der Waals surface area (Å²) in [5.41, 5.74) is 4.87. The average Bonchev–Trinajstić information content (AvgIpc) is 2.06. The van der Waals surface area contributed by atoms with Gasteiger partial charge < -0.3 is 16.2 Å². The summed E-state index contributed by atoms with van der Waals surface area (Å²) < 4.78 is 0. The van der Waals surface area contributed by atoms with Crippen molar-refractivity contribution in [2.75, 3.05) is 19.6 Å². The molecule has 4 N–H and O–H groups in total. The van der Waals surface area contributed by atoms with Crippen molar-refractivity contribution in [2.24, 2.45) is 11.7 Å². The summed E-state index contributed by atoms with van der Waals surface area (Å²) in [7, 11) is 0. The van der Waals surface area contributed by atoms with Crippen molar-refractivity contribution in [1.29, 1.82) is 0 Å². The molecule has 0 spiro atoms. The number of nitrogens with one attached hydrogen (secondary N) is 1. The van der Waals surface area contributed by atoms with Crippen LogP contribution in [0.3, 0.4) is 0 Å². The molecule has 0 aromatic rings. The fourth-order valence-corrected chi connectivity index (χ4v) is 1.88. The molecule has 0 aromatic heterocycles. The molecule has 1 rings (SSSR count). The van der Waals surface area contributed by atoms with Crippen molar-refractivity contribution in [2.45, 2.75) is 31.8 Å². The lowest BCUT2D eigenvalue weighted by atomic mass is 9.81. The molecule has 2 unspecified atom stereocenters. The molecule has 1 saturated heterocycles. The van der Waals surface area contributed by atoms with E-state index in [-0.39, 0.29) is 0 Å². The van der Waals surface area contributed by atoms with Crippen LogP contribution in [0, 0.1) is 5.92 Å². The van der Waals surface area contributed by atoms with Gasteiger partial charge in [-0.05, 0) is 45.2 Å². The maximum Gasteiger partial charge on any atom is 0.0671 e. The number of hydrogen-bond acceptors (Lipinski definition) is 3. The van der Waals surface area contributed by atoms with Crippen molar-refractivity contribution in [3.63, 3.8) is 0 Å². The van der Waals surface area contributed by atoms with Crippen molar-refractivity contribution >= 4 is 0 Å². The topological polar surface area (TPSA) is 58.3 Å². The van der Waals surface area contributed by atoms with E-state index in [1.807, 2.05) is 6.92 Å². The fraction of sp³-hybridized carbons (Fsp3) is 1.00. The number of aliphatic hydroxyl groups is 1. The first-order chi connectivity index (χ1) is 5.67. The molecule has 0 bridgehead atoms. The number of rotatable bonds is 3. The van der Waals surface area contributed by atoms with E-state index in [1.165, 1.54) is 6.42 Å². The van der Waals surface area contributed by atoms with E-state index in [9.17, 15) is 5.11 Å². The van der Waals surface area contributed by atoms with E-state index in [0.717, 1.165) is 19.5 Å². The predicted octanol–water partition coefficient (Wildman–Crippen LogP) is 0.0858. The van der Waals surface area contributed by atoms with Gasteiger partial charge in [-0.3, -0.25) is 0 Å². The minimum atomic E-state index is -0.567. The van der Waals surface area contributed by atoms with Crippen LogP contribution in [-0.2, 0) is 0 Å². The van der Waals surface area contributed by atoms with Gasteiger partial charge in [-0.25, -0.2) is 0 Å². The first-order valence-corrected chi connectivity index (χ1v) is 4.80. The molecule has 1 heterocycles. The molecule has 3 nitrogen and oxygen atoms in total. The number of hydrogen-bond donors (Lipinski definition) is 3. The Morgan fingerprint density at radius 3 is 2.92 bits per heavy atom. The lowest BCUT2D eigenvalue weighted by Crippen LogP contribution is -2.45. The second-order valence-corrected chi connectivity index (χ2v) is 3.94. The van der Waals surface area contributed by atoms with Crippen molar-refractivity contribution in [3.8, 4) is 0 Å². The van der Waals surface area contributed by atoms with Crippen molar-refractivity contribution in [3.05, 3.63) is 0 Å². The summed E-state index contributed by atoms with van der Waals surface area (Å²) in [4.78, 5) is 0. The molecule has 1 aliphatic heterocycles. The molecule has 0 radical (unpaired) electrons. The third-order valence-corrected chi connectivity index (χ3v) is 2.83. The van der Waals surface area contributed by atoms with Gasteiger partial charge in [0.25, 0.3) is 0 Å². The highest BCUT2D eigenvalue weighted by Gasteiger charge is 2.31. The van der Waals surface area contributed by atoms with Crippen molar-refractivity contribution < 1.29 is 5.11 Å².